The molecule has 1 unspecified atom stereocenters. The van der Waals surface area contributed by atoms with E-state index in [0.29, 0.717) is 48.8 Å². The number of aryl methyl sites for hydroxylation is 1. The number of benzene rings is 2. The summed E-state index contributed by atoms with van der Waals surface area (Å²) in [6, 6.07) is 13.7. The number of esters is 1. The van der Waals surface area contributed by atoms with E-state index >= 15 is 0 Å². The fraction of sp³-hybridized carbons (Fsp3) is 0.433. The first-order valence-corrected chi connectivity index (χ1v) is 12.7. The number of allylic oxidation sites excluding steroid dienone is 2. The molecule has 1 heterocycles. The summed E-state index contributed by atoms with van der Waals surface area (Å²) in [7, 11) is 3.20. The lowest BCUT2D eigenvalue weighted by molar-refractivity contribution is -0.148. The lowest BCUT2D eigenvalue weighted by Crippen LogP contribution is -2.38. The van der Waals surface area contributed by atoms with Gasteiger partial charge in [0, 0.05) is 35.9 Å². The van der Waals surface area contributed by atoms with Crippen LogP contribution < -0.4 is 9.47 Å². The number of rotatable bonds is 9. The van der Waals surface area contributed by atoms with Crippen LogP contribution in [0.4, 0.5) is 0 Å². The summed E-state index contributed by atoms with van der Waals surface area (Å²) in [4.78, 5) is 32.0. The Hall–Kier alpha value is -3.45. The molecule has 2 aliphatic rings. The van der Waals surface area contributed by atoms with Crippen molar-refractivity contribution in [2.75, 3.05) is 34.0 Å². The van der Waals surface area contributed by atoms with Gasteiger partial charge in [0.2, 0.25) is 0 Å². The highest BCUT2D eigenvalue weighted by atomic mass is 16.6. The third-order valence-corrected chi connectivity index (χ3v) is 7.22. The van der Waals surface area contributed by atoms with Gasteiger partial charge < -0.3 is 18.9 Å². The zero-order valence-corrected chi connectivity index (χ0v) is 22.2. The lowest BCUT2D eigenvalue weighted by Gasteiger charge is -2.37. The second kappa shape index (κ2) is 11.7. The number of Topliss-reactive ketones (excluding diaryl/α,β-unsaturated/α-hetero) is 1. The fourth-order valence-electron chi connectivity index (χ4n) is 5.41. The molecule has 1 aliphatic carbocycles. The number of nitrogens with zero attached hydrogens (tertiary/aromatic N) is 1. The molecule has 0 saturated carbocycles. The van der Waals surface area contributed by atoms with Crippen molar-refractivity contribution in [2.24, 2.45) is 10.9 Å². The number of hydrogen-bond acceptors (Lipinski definition) is 7. The number of ether oxygens (including phenoxy) is 4. The Labute approximate surface area is 218 Å². The summed E-state index contributed by atoms with van der Waals surface area (Å²) in [5.74, 6) is -0.244. The first kappa shape index (κ1) is 26.6. The Morgan fingerprint density at radius 3 is 2.46 bits per heavy atom. The van der Waals surface area contributed by atoms with E-state index in [4.69, 9.17) is 23.9 Å². The quantitative estimate of drug-likeness (QED) is 0.346. The molecule has 2 aromatic carbocycles. The topological polar surface area (TPSA) is 83.4 Å². The van der Waals surface area contributed by atoms with Gasteiger partial charge in [-0.1, -0.05) is 30.3 Å². The number of ketones is 1. The van der Waals surface area contributed by atoms with Crippen molar-refractivity contribution < 1.29 is 28.5 Å². The molecule has 196 valence electrons. The normalized spacial score (nSPS) is 21.3. The van der Waals surface area contributed by atoms with E-state index in [0.717, 1.165) is 22.4 Å². The van der Waals surface area contributed by atoms with Crippen LogP contribution in [0, 0.1) is 12.8 Å². The van der Waals surface area contributed by atoms with Crippen molar-refractivity contribution >= 4 is 17.5 Å². The monoisotopic (exact) mass is 505 g/mol. The molecule has 0 bridgehead atoms. The van der Waals surface area contributed by atoms with Crippen molar-refractivity contribution in [1.29, 1.82) is 0 Å². The molecule has 7 nitrogen and oxygen atoms in total. The summed E-state index contributed by atoms with van der Waals surface area (Å²) in [6.45, 7) is 6.81. The highest BCUT2D eigenvalue weighted by molar-refractivity contribution is 6.09. The van der Waals surface area contributed by atoms with Gasteiger partial charge in [-0.15, -0.1) is 0 Å². The number of methoxy groups -OCH3 is 2. The van der Waals surface area contributed by atoms with E-state index in [1.807, 2.05) is 63.2 Å². The molecule has 0 radical (unpaired) electrons. The summed E-state index contributed by atoms with van der Waals surface area (Å²) < 4.78 is 21.8. The Balaban J connectivity index is 1.72. The van der Waals surface area contributed by atoms with E-state index in [9.17, 15) is 9.59 Å². The van der Waals surface area contributed by atoms with Crippen molar-refractivity contribution in [1.82, 2.24) is 0 Å². The van der Waals surface area contributed by atoms with E-state index in [2.05, 4.69) is 0 Å². The molecule has 3 atom stereocenters. The molecular weight excluding hydrogens is 470 g/mol. The predicted octanol–water partition coefficient (Wildman–Crippen LogP) is 5.17. The van der Waals surface area contributed by atoms with Crippen LogP contribution in [-0.4, -0.2) is 51.5 Å². The molecule has 1 aliphatic heterocycles. The molecule has 0 fully saturated rings. The molecule has 4 rings (SSSR count). The first-order chi connectivity index (χ1) is 17.9. The molecule has 2 aromatic rings. The Morgan fingerprint density at radius 2 is 1.76 bits per heavy atom. The summed E-state index contributed by atoms with van der Waals surface area (Å²) in [5.41, 5.74) is 5.01. The maximum absolute atomic E-state index is 13.8. The van der Waals surface area contributed by atoms with Crippen LogP contribution in [0.5, 0.6) is 11.5 Å². The number of carbonyl (C=O) groups excluding carboxylic acids is 2. The molecule has 7 heteroatoms. The van der Waals surface area contributed by atoms with E-state index in [1.54, 1.807) is 14.2 Å². The highest BCUT2D eigenvalue weighted by Gasteiger charge is 2.45. The Kier molecular flexibility index (Phi) is 8.44. The van der Waals surface area contributed by atoms with Crippen LogP contribution in [0.1, 0.15) is 55.2 Å². The summed E-state index contributed by atoms with van der Waals surface area (Å²) in [5, 5.41) is 0. The van der Waals surface area contributed by atoms with E-state index in [-0.39, 0.29) is 24.3 Å². The average molecular weight is 506 g/mol. The van der Waals surface area contributed by atoms with Gasteiger partial charge in [-0.3, -0.25) is 14.6 Å². The van der Waals surface area contributed by atoms with Gasteiger partial charge >= 0.3 is 5.97 Å². The molecule has 0 amide bonds. The molecule has 0 saturated heterocycles. The minimum absolute atomic E-state index is 0.0117. The second-order valence-corrected chi connectivity index (χ2v) is 9.43. The summed E-state index contributed by atoms with van der Waals surface area (Å²) in [6.07, 6.45) is 0.930. The van der Waals surface area contributed by atoms with Crippen LogP contribution in [0.15, 0.2) is 58.7 Å². The Bertz CT molecular complexity index is 1230. The zero-order chi connectivity index (χ0) is 26.5. The lowest BCUT2D eigenvalue weighted by atomic mass is 9.68. The minimum atomic E-state index is -0.664. The maximum Gasteiger partial charge on any atom is 0.315 e. The number of hydrogen-bond donors (Lipinski definition) is 0. The average Bonchev–Trinajstić information content (AvgIpc) is 2.90. The molecular formula is C30H35NO6. The van der Waals surface area contributed by atoms with Gasteiger partial charge in [-0.25, -0.2) is 0 Å². The van der Waals surface area contributed by atoms with E-state index < -0.39 is 11.8 Å². The van der Waals surface area contributed by atoms with Crippen LogP contribution in [0.3, 0.4) is 0 Å². The third-order valence-electron chi connectivity index (χ3n) is 7.22. The van der Waals surface area contributed by atoms with Gasteiger partial charge in [-0.2, -0.15) is 0 Å². The second-order valence-electron chi connectivity index (χ2n) is 9.43. The molecule has 0 N–H and O–H groups in total. The predicted molar refractivity (Wildman–Crippen MR) is 142 cm³/mol. The minimum Gasteiger partial charge on any atom is -0.493 e. The van der Waals surface area contributed by atoms with E-state index in [1.165, 1.54) is 0 Å². The standard InChI is InChI=1S/C30H35NO6/c1-6-36-13-14-37-30(33)27-19(3)31-23-15-21(20-11-12-25(34-4)26(17-20)35-5)16-24(32)29(23)28(27)22-10-8-7-9-18(22)2/h7-12,17,21,27-28H,6,13-16H2,1-5H3/t21-,27?,28-/m1/s1. The molecule has 0 aromatic heterocycles. The van der Waals surface area contributed by atoms with Crippen LogP contribution in [0.2, 0.25) is 0 Å². The first-order valence-electron chi connectivity index (χ1n) is 12.7. The Morgan fingerprint density at radius 1 is 1.00 bits per heavy atom. The SMILES string of the molecule is CCOCCOC(=O)C1C(C)=NC2=C(C(=O)C[C@H](c3ccc(OC)c(OC)c3)C2)[C@@H]1c1ccccc1C. The van der Waals surface area contributed by atoms with Gasteiger partial charge in [0.25, 0.3) is 0 Å². The van der Waals surface area contributed by atoms with Gasteiger partial charge in [0.1, 0.15) is 12.5 Å². The fourth-order valence-corrected chi connectivity index (χ4v) is 5.41. The maximum atomic E-state index is 13.8. The van der Waals surface area contributed by atoms with Crippen LogP contribution >= 0.6 is 0 Å². The van der Waals surface area contributed by atoms with Crippen LogP contribution in [-0.2, 0) is 19.1 Å². The van der Waals surface area contributed by atoms with Gasteiger partial charge in [-0.05, 0) is 61.9 Å². The number of carbonyl (C=O) groups is 2. The molecule has 0 spiro atoms. The number of aliphatic imine (C=N–C) groups is 1. The van der Waals surface area contributed by atoms with Crippen molar-refractivity contribution in [2.45, 2.75) is 45.4 Å². The zero-order valence-electron chi connectivity index (χ0n) is 22.2. The molecule has 37 heavy (non-hydrogen) atoms. The largest absolute Gasteiger partial charge is 0.493 e. The smallest absolute Gasteiger partial charge is 0.315 e. The third kappa shape index (κ3) is 5.47. The van der Waals surface area contributed by atoms with Gasteiger partial charge in [0.15, 0.2) is 17.3 Å². The van der Waals surface area contributed by atoms with Crippen molar-refractivity contribution in [3.63, 3.8) is 0 Å². The summed E-state index contributed by atoms with van der Waals surface area (Å²) >= 11 is 0. The van der Waals surface area contributed by atoms with Crippen molar-refractivity contribution in [3.05, 3.63) is 70.4 Å². The highest BCUT2D eigenvalue weighted by Crippen LogP contribution is 2.48. The van der Waals surface area contributed by atoms with Crippen molar-refractivity contribution in [3.8, 4) is 11.5 Å². The van der Waals surface area contributed by atoms with Gasteiger partial charge in [0.05, 0.1) is 20.8 Å². The van der Waals surface area contributed by atoms with Crippen LogP contribution in [0.25, 0.3) is 0 Å².